The average molecular weight is 292 g/mol. The second-order valence-corrected chi connectivity index (χ2v) is 5.44. The zero-order chi connectivity index (χ0) is 15.6. The van der Waals surface area contributed by atoms with Gasteiger partial charge in [0.2, 0.25) is 0 Å². The first-order valence-electron chi connectivity index (χ1n) is 7.04. The number of nitrogens with one attached hydrogen (secondary N) is 1. The van der Waals surface area contributed by atoms with Gasteiger partial charge in [0.25, 0.3) is 11.6 Å². The van der Waals surface area contributed by atoms with Crippen molar-refractivity contribution in [3.63, 3.8) is 0 Å². The standard InChI is InChI=1S/C14H20N4O3/c1-9-5-3-6-10(2)17(9)14(19)11-7-4-8-12(18(20)21)13(11)16-15/h4,7-10,16H,3,5-6,15H2,1-2H3/t9-,10+. The van der Waals surface area contributed by atoms with Crippen LogP contribution in [-0.4, -0.2) is 27.8 Å². The summed E-state index contributed by atoms with van der Waals surface area (Å²) >= 11 is 0. The van der Waals surface area contributed by atoms with Crippen molar-refractivity contribution in [1.82, 2.24) is 4.90 Å². The fourth-order valence-corrected chi connectivity index (χ4v) is 2.98. The minimum Gasteiger partial charge on any atom is -0.333 e. The molecule has 1 aromatic rings. The molecule has 1 fully saturated rings. The van der Waals surface area contributed by atoms with E-state index in [0.29, 0.717) is 0 Å². The summed E-state index contributed by atoms with van der Waals surface area (Å²) in [5.74, 6) is 5.18. The van der Waals surface area contributed by atoms with Crippen LogP contribution in [0.2, 0.25) is 0 Å². The quantitative estimate of drug-likeness (QED) is 0.505. The SMILES string of the molecule is C[C@@H]1CCC[C@H](C)N1C(=O)c1cccc([N+](=O)[O-])c1NN. The predicted molar refractivity (Wildman–Crippen MR) is 79.9 cm³/mol. The molecule has 21 heavy (non-hydrogen) atoms. The molecule has 0 aromatic heterocycles. The second kappa shape index (κ2) is 6.09. The molecule has 1 saturated heterocycles. The van der Waals surface area contributed by atoms with Gasteiger partial charge in [0.05, 0.1) is 10.5 Å². The Labute approximate surface area is 123 Å². The monoisotopic (exact) mass is 292 g/mol. The average Bonchev–Trinajstić information content (AvgIpc) is 2.45. The van der Waals surface area contributed by atoms with Crippen LogP contribution in [0.4, 0.5) is 11.4 Å². The first-order chi connectivity index (χ1) is 9.97. The van der Waals surface area contributed by atoms with Gasteiger partial charge in [-0.2, -0.15) is 0 Å². The van der Waals surface area contributed by atoms with E-state index in [1.807, 2.05) is 13.8 Å². The Morgan fingerprint density at radius 3 is 2.52 bits per heavy atom. The van der Waals surface area contributed by atoms with E-state index in [2.05, 4.69) is 5.43 Å². The number of amides is 1. The van der Waals surface area contributed by atoms with Crippen molar-refractivity contribution >= 4 is 17.3 Å². The number of rotatable bonds is 3. The highest BCUT2D eigenvalue weighted by atomic mass is 16.6. The molecule has 1 amide bonds. The number of para-hydroxylation sites is 1. The number of carbonyl (C=O) groups is 1. The van der Waals surface area contributed by atoms with Crippen LogP contribution in [-0.2, 0) is 0 Å². The van der Waals surface area contributed by atoms with Crippen molar-refractivity contribution in [2.24, 2.45) is 5.84 Å². The lowest BCUT2D eigenvalue weighted by Gasteiger charge is -2.39. The number of carbonyl (C=O) groups excluding carboxylic acids is 1. The zero-order valence-electron chi connectivity index (χ0n) is 12.2. The van der Waals surface area contributed by atoms with Gasteiger partial charge in [0.15, 0.2) is 0 Å². The third kappa shape index (κ3) is 2.82. The Bertz CT molecular complexity index is 551. The maximum absolute atomic E-state index is 12.8. The first-order valence-corrected chi connectivity index (χ1v) is 7.04. The maximum atomic E-state index is 12.8. The van der Waals surface area contributed by atoms with Crippen molar-refractivity contribution in [2.45, 2.75) is 45.2 Å². The van der Waals surface area contributed by atoms with E-state index in [1.54, 1.807) is 11.0 Å². The Kier molecular flexibility index (Phi) is 4.42. The summed E-state index contributed by atoms with van der Waals surface area (Å²) < 4.78 is 0. The molecule has 1 aliphatic rings. The third-order valence-corrected chi connectivity index (χ3v) is 4.04. The van der Waals surface area contributed by atoms with Crippen LogP contribution in [0.15, 0.2) is 18.2 Å². The molecule has 1 aliphatic heterocycles. The smallest absolute Gasteiger partial charge is 0.294 e. The largest absolute Gasteiger partial charge is 0.333 e. The van der Waals surface area contributed by atoms with Crippen molar-refractivity contribution in [3.8, 4) is 0 Å². The summed E-state index contributed by atoms with van der Waals surface area (Å²) in [6.07, 6.45) is 2.97. The molecule has 2 atom stereocenters. The summed E-state index contributed by atoms with van der Waals surface area (Å²) in [5, 5.41) is 11.0. The van der Waals surface area contributed by atoms with E-state index < -0.39 is 4.92 Å². The van der Waals surface area contributed by atoms with E-state index in [0.717, 1.165) is 19.3 Å². The Balaban J connectivity index is 2.43. The fourth-order valence-electron chi connectivity index (χ4n) is 2.98. The molecule has 7 heteroatoms. The van der Waals surface area contributed by atoms with Crippen LogP contribution in [0, 0.1) is 10.1 Å². The van der Waals surface area contributed by atoms with E-state index in [9.17, 15) is 14.9 Å². The number of hydrazine groups is 1. The lowest BCUT2D eigenvalue weighted by Crippen LogP contribution is -2.47. The van der Waals surface area contributed by atoms with Gasteiger partial charge in [-0.05, 0) is 39.2 Å². The lowest BCUT2D eigenvalue weighted by molar-refractivity contribution is -0.384. The first kappa shape index (κ1) is 15.2. The van der Waals surface area contributed by atoms with Gasteiger partial charge >= 0.3 is 0 Å². The highest BCUT2D eigenvalue weighted by molar-refractivity contribution is 6.01. The van der Waals surface area contributed by atoms with Crippen molar-refractivity contribution < 1.29 is 9.72 Å². The summed E-state index contributed by atoms with van der Waals surface area (Å²) in [7, 11) is 0. The highest BCUT2D eigenvalue weighted by Gasteiger charge is 2.32. The summed E-state index contributed by atoms with van der Waals surface area (Å²) in [4.78, 5) is 25.1. The maximum Gasteiger partial charge on any atom is 0.294 e. The van der Waals surface area contributed by atoms with E-state index in [-0.39, 0.29) is 34.9 Å². The number of nitro benzene ring substituents is 1. The summed E-state index contributed by atoms with van der Waals surface area (Å²) in [6, 6.07) is 4.64. The molecule has 0 aliphatic carbocycles. The number of likely N-dealkylation sites (tertiary alicyclic amines) is 1. The molecule has 2 rings (SSSR count). The number of anilines is 1. The fraction of sp³-hybridized carbons (Fsp3) is 0.500. The minimum absolute atomic E-state index is 0.0671. The van der Waals surface area contributed by atoms with Crippen LogP contribution in [0.25, 0.3) is 0 Å². The molecule has 0 radical (unpaired) electrons. The van der Waals surface area contributed by atoms with Crippen molar-refractivity contribution in [1.29, 1.82) is 0 Å². The van der Waals surface area contributed by atoms with Crippen LogP contribution in [0.3, 0.4) is 0 Å². The molecule has 114 valence electrons. The minimum atomic E-state index is -0.547. The lowest BCUT2D eigenvalue weighted by atomic mass is 9.96. The van der Waals surface area contributed by atoms with Gasteiger partial charge in [-0.3, -0.25) is 20.8 Å². The number of nitro groups is 1. The number of nitrogens with two attached hydrogens (primary N) is 1. The molecule has 0 bridgehead atoms. The predicted octanol–water partition coefficient (Wildman–Crippen LogP) is 2.28. The highest BCUT2D eigenvalue weighted by Crippen LogP contribution is 2.31. The molecule has 0 unspecified atom stereocenters. The number of nitrogen functional groups attached to an aromatic ring is 1. The van der Waals surface area contributed by atoms with Gasteiger partial charge in [-0.25, -0.2) is 0 Å². The third-order valence-electron chi connectivity index (χ3n) is 4.04. The topological polar surface area (TPSA) is 102 Å². The van der Waals surface area contributed by atoms with Crippen LogP contribution < -0.4 is 11.3 Å². The van der Waals surface area contributed by atoms with E-state index in [4.69, 9.17) is 5.84 Å². The van der Waals surface area contributed by atoms with Crippen LogP contribution >= 0.6 is 0 Å². The number of nitrogens with zero attached hydrogens (tertiary/aromatic N) is 2. The van der Waals surface area contributed by atoms with Gasteiger partial charge < -0.3 is 10.3 Å². The molecule has 1 aromatic carbocycles. The molecule has 1 heterocycles. The van der Waals surface area contributed by atoms with Crippen molar-refractivity contribution in [2.75, 3.05) is 5.43 Å². The van der Waals surface area contributed by atoms with Crippen LogP contribution in [0.1, 0.15) is 43.5 Å². The second-order valence-electron chi connectivity index (χ2n) is 5.44. The number of piperidine rings is 1. The van der Waals surface area contributed by atoms with Gasteiger partial charge in [0, 0.05) is 18.2 Å². The molecular formula is C14H20N4O3. The molecule has 0 spiro atoms. The van der Waals surface area contributed by atoms with Gasteiger partial charge in [-0.15, -0.1) is 0 Å². The normalized spacial score (nSPS) is 22.0. The summed E-state index contributed by atoms with van der Waals surface area (Å²) in [6.45, 7) is 4.00. The molecule has 7 nitrogen and oxygen atoms in total. The van der Waals surface area contributed by atoms with Gasteiger partial charge in [0.1, 0.15) is 5.69 Å². The number of hydrogen-bond donors (Lipinski definition) is 2. The van der Waals surface area contributed by atoms with E-state index in [1.165, 1.54) is 12.1 Å². The Hall–Kier alpha value is -2.15. The van der Waals surface area contributed by atoms with E-state index >= 15 is 0 Å². The zero-order valence-corrected chi connectivity index (χ0v) is 12.2. The van der Waals surface area contributed by atoms with Crippen molar-refractivity contribution in [3.05, 3.63) is 33.9 Å². The molecule has 0 saturated carbocycles. The molecular weight excluding hydrogens is 272 g/mol. The number of benzene rings is 1. The molecule has 3 N–H and O–H groups in total. The summed E-state index contributed by atoms with van der Waals surface area (Å²) in [5.41, 5.74) is 2.42. The van der Waals surface area contributed by atoms with Crippen LogP contribution in [0.5, 0.6) is 0 Å². The Morgan fingerprint density at radius 1 is 1.38 bits per heavy atom. The Morgan fingerprint density at radius 2 is 2.00 bits per heavy atom. The van der Waals surface area contributed by atoms with Gasteiger partial charge in [-0.1, -0.05) is 6.07 Å². The number of hydrogen-bond acceptors (Lipinski definition) is 5.